The van der Waals surface area contributed by atoms with Crippen molar-refractivity contribution in [3.05, 3.63) is 15.5 Å². The lowest BCUT2D eigenvalue weighted by Gasteiger charge is -2.05. The third kappa shape index (κ3) is 6.86. The Morgan fingerprint density at radius 1 is 1.21 bits per heavy atom. The molecule has 19 heavy (non-hydrogen) atoms. The number of nitrogens with one attached hydrogen (secondary N) is 3. The van der Waals surface area contributed by atoms with E-state index in [2.05, 4.69) is 36.3 Å². The van der Waals surface area contributed by atoms with Gasteiger partial charge in [0.15, 0.2) is 11.9 Å². The maximum Gasteiger partial charge on any atom is 0.398 e. The molecule has 0 atom stereocenters. The van der Waals surface area contributed by atoms with Crippen LogP contribution in [0.25, 0.3) is 5.43 Å². The van der Waals surface area contributed by atoms with Gasteiger partial charge in [-0.25, -0.2) is 25.9 Å². The van der Waals surface area contributed by atoms with Crippen LogP contribution in [0.4, 0.5) is 17.8 Å². The largest absolute Gasteiger partial charge is 0.398 e. The number of hydrazone groups is 1. The van der Waals surface area contributed by atoms with Crippen LogP contribution in [0.3, 0.4) is 0 Å². The molecule has 0 aromatic carbocycles. The lowest BCUT2D eigenvalue weighted by atomic mass is 10.8. The second-order valence-electron chi connectivity index (χ2n) is 2.50. The van der Waals surface area contributed by atoms with Gasteiger partial charge < -0.3 is 21.4 Å². The van der Waals surface area contributed by atoms with Crippen molar-refractivity contribution in [2.24, 2.45) is 17.5 Å². The third-order valence-corrected chi connectivity index (χ3v) is 1.26. The van der Waals surface area contributed by atoms with Gasteiger partial charge in [-0.2, -0.15) is 16.8 Å². The Labute approximate surface area is 105 Å². The summed E-state index contributed by atoms with van der Waals surface area (Å²) in [7, 11) is 0. The molecule has 1 aromatic rings. The van der Waals surface area contributed by atoms with Gasteiger partial charge in [-0.1, -0.05) is 5.43 Å². The molecule has 0 aliphatic rings. The van der Waals surface area contributed by atoms with Crippen molar-refractivity contribution in [2.45, 2.75) is 0 Å². The van der Waals surface area contributed by atoms with Crippen LogP contribution in [0.15, 0.2) is 0 Å². The highest BCUT2D eigenvalue weighted by Gasteiger charge is 1.96. The molecule has 0 spiro atoms. The van der Waals surface area contributed by atoms with E-state index in [9.17, 15) is 10.1 Å². The molecule has 0 saturated heterocycles. The van der Waals surface area contributed by atoms with Gasteiger partial charge in [-0.3, -0.25) is 5.84 Å². The Bertz CT molecular complexity index is 418. The van der Waals surface area contributed by atoms with Crippen LogP contribution in [0.1, 0.15) is 0 Å². The molecule has 0 aliphatic carbocycles. The van der Waals surface area contributed by atoms with Crippen LogP contribution in [-0.2, 0) is 0 Å². The fourth-order valence-corrected chi connectivity index (χ4v) is 0.640. The van der Waals surface area contributed by atoms with Gasteiger partial charge in [0.05, 0.1) is 0 Å². The highest BCUT2D eigenvalue weighted by Crippen LogP contribution is 2.12. The van der Waals surface area contributed by atoms with Gasteiger partial charge in [0.25, 0.3) is 0 Å². The first-order valence-corrected chi connectivity index (χ1v) is 4.32. The molecule has 15 heteroatoms. The number of guanidine groups is 1. The lowest BCUT2D eigenvalue weighted by Crippen LogP contribution is -2.86. The summed E-state index contributed by atoms with van der Waals surface area (Å²) in [5.41, 5.74) is 17.3. The summed E-state index contributed by atoms with van der Waals surface area (Å²) in [6.07, 6.45) is 0. The summed E-state index contributed by atoms with van der Waals surface area (Å²) >= 11 is 0. The van der Waals surface area contributed by atoms with Gasteiger partial charge in [0, 0.05) is 0 Å². The number of nitrogen functional groups attached to an aromatic ring is 2. The SMILES string of the molecule is NNC(NN)=[NH+]N.Nc1nc(N)nc([N-][N+](=O)[O-])n1. The van der Waals surface area contributed by atoms with Crippen molar-refractivity contribution in [3.63, 3.8) is 0 Å². The van der Waals surface area contributed by atoms with Gasteiger partial charge in [0.1, 0.15) is 11.0 Å². The van der Waals surface area contributed by atoms with Crippen molar-refractivity contribution in [2.75, 3.05) is 11.5 Å². The Hall–Kier alpha value is -3.20. The highest BCUT2D eigenvalue weighted by atomic mass is 16.7. The topological polar surface area (TPSA) is 264 Å². The second-order valence-corrected chi connectivity index (χ2v) is 2.50. The maximum absolute atomic E-state index is 9.85. The lowest BCUT2D eigenvalue weighted by molar-refractivity contribution is -0.474. The number of nitrogens with zero attached hydrogens (tertiary/aromatic N) is 5. The van der Waals surface area contributed by atoms with Crippen molar-refractivity contribution >= 4 is 23.8 Å². The van der Waals surface area contributed by atoms with E-state index in [1.54, 1.807) is 0 Å². The Morgan fingerprint density at radius 3 is 1.95 bits per heavy atom. The Kier molecular flexibility index (Phi) is 6.63. The standard InChI is InChI=1S/C3H4N7O2.CH8N6/c4-1-6-2(5)8-3(7-1)9-10(11)12;2-5-1(6-3)7-4/h(H4-,4,5,6,7,8,9);2-4H2,(H2,5,6,7)/q-1;/p+1. The third-order valence-electron chi connectivity index (χ3n) is 1.26. The van der Waals surface area contributed by atoms with E-state index in [-0.39, 0.29) is 17.9 Å². The number of hydrazine groups is 3. The molecule has 1 aromatic heterocycles. The molecule has 1 heterocycles. The molecular formula is C4H13N13O2. The normalized spacial score (nSPS) is 8.53. The number of rotatable bonds is 2. The van der Waals surface area contributed by atoms with E-state index in [1.165, 1.54) is 0 Å². The van der Waals surface area contributed by atoms with Gasteiger partial charge >= 0.3 is 5.96 Å². The zero-order valence-electron chi connectivity index (χ0n) is 9.44. The van der Waals surface area contributed by atoms with Crippen LogP contribution in [0.2, 0.25) is 0 Å². The first-order valence-electron chi connectivity index (χ1n) is 4.32. The number of hydrogen-bond donors (Lipinski definition) is 8. The van der Waals surface area contributed by atoms with Crippen molar-refractivity contribution < 1.29 is 10.1 Å². The van der Waals surface area contributed by atoms with Crippen LogP contribution >= 0.6 is 0 Å². The minimum atomic E-state index is -0.950. The minimum absolute atomic E-state index is 0.205. The number of nitrogens with two attached hydrogens (primary N) is 5. The number of anilines is 2. The second kappa shape index (κ2) is 7.97. The summed E-state index contributed by atoms with van der Waals surface area (Å²) in [6.45, 7) is 0. The smallest absolute Gasteiger partial charge is 0.381 e. The number of hydrogen-bond acceptors (Lipinski definition) is 10. The zero-order chi connectivity index (χ0) is 14.8. The molecule has 15 nitrogen and oxygen atoms in total. The van der Waals surface area contributed by atoms with E-state index in [0.29, 0.717) is 0 Å². The van der Waals surface area contributed by atoms with E-state index in [4.69, 9.17) is 29.0 Å². The predicted molar refractivity (Wildman–Crippen MR) is 63.5 cm³/mol. The van der Waals surface area contributed by atoms with Crippen molar-refractivity contribution in [1.29, 1.82) is 0 Å². The number of aromatic nitrogens is 3. The zero-order valence-corrected chi connectivity index (χ0v) is 9.44. The number of nitro groups is 1. The van der Waals surface area contributed by atoms with E-state index < -0.39 is 11.0 Å². The van der Waals surface area contributed by atoms with Crippen LogP contribution in [0, 0.1) is 10.1 Å². The molecule has 1 rings (SSSR count). The average molecular weight is 275 g/mol. The van der Waals surface area contributed by atoms with Crippen LogP contribution in [0.5, 0.6) is 0 Å². The van der Waals surface area contributed by atoms with Gasteiger partial charge in [0.2, 0.25) is 0 Å². The predicted octanol–water partition coefficient (Wildman–Crippen LogP) is -5.54. The van der Waals surface area contributed by atoms with E-state index in [1.807, 2.05) is 0 Å². The molecule has 13 N–H and O–H groups in total. The fourth-order valence-electron chi connectivity index (χ4n) is 0.640. The Morgan fingerprint density at radius 2 is 1.68 bits per heavy atom. The first-order chi connectivity index (χ1) is 8.92. The summed E-state index contributed by atoms with van der Waals surface area (Å²) in [5, 5.41) is 11.0. The van der Waals surface area contributed by atoms with Crippen molar-refractivity contribution in [1.82, 2.24) is 25.8 Å². The molecular weight excluding hydrogens is 262 g/mol. The maximum atomic E-state index is 9.85. The quantitative estimate of drug-likeness (QED) is 0.0824. The molecule has 0 aliphatic heterocycles. The Balaban J connectivity index is 0.000000399. The van der Waals surface area contributed by atoms with Gasteiger partial charge in [-0.05, 0) is 0 Å². The highest BCUT2D eigenvalue weighted by molar-refractivity contribution is 5.72. The molecule has 0 unspecified atom stereocenters. The molecule has 0 saturated carbocycles. The minimum Gasteiger partial charge on any atom is -0.381 e. The summed E-state index contributed by atoms with van der Waals surface area (Å²) in [4.78, 5) is 19.9. The molecule has 0 amide bonds. The van der Waals surface area contributed by atoms with Crippen LogP contribution in [-0.4, -0.2) is 25.9 Å². The monoisotopic (exact) mass is 275 g/mol. The summed E-state index contributed by atoms with van der Waals surface area (Å²) in [5.74, 6) is 13.9. The van der Waals surface area contributed by atoms with E-state index >= 15 is 0 Å². The van der Waals surface area contributed by atoms with Crippen molar-refractivity contribution in [3.8, 4) is 0 Å². The molecule has 0 bridgehead atoms. The fraction of sp³-hybridized carbons (Fsp3) is 0. The van der Waals surface area contributed by atoms with E-state index in [0.717, 1.165) is 0 Å². The summed E-state index contributed by atoms with van der Waals surface area (Å²) in [6, 6.07) is 0. The molecule has 106 valence electrons. The van der Waals surface area contributed by atoms with Crippen LogP contribution < -0.4 is 44.9 Å². The summed E-state index contributed by atoms with van der Waals surface area (Å²) < 4.78 is 0. The first kappa shape index (κ1) is 15.8. The van der Waals surface area contributed by atoms with Gasteiger partial charge in [-0.15, -0.1) is 0 Å². The molecule has 0 fully saturated rings. The average Bonchev–Trinajstić information content (AvgIpc) is 2.29. The molecule has 0 radical (unpaired) electrons.